The van der Waals surface area contributed by atoms with Crippen LogP contribution in [0.5, 0.6) is 0 Å². The van der Waals surface area contributed by atoms with Crippen molar-refractivity contribution in [2.24, 2.45) is 17.8 Å². The molecule has 1 aliphatic heterocycles. The van der Waals surface area contributed by atoms with Crippen molar-refractivity contribution in [3.63, 3.8) is 0 Å². The zero-order valence-corrected chi connectivity index (χ0v) is 12.7. The molecule has 2 bridgehead atoms. The van der Waals surface area contributed by atoms with Crippen molar-refractivity contribution < 1.29 is 62.2 Å². The van der Waals surface area contributed by atoms with Crippen LogP contribution in [-0.2, 0) is 9.47 Å². The van der Waals surface area contributed by atoms with Crippen LogP contribution in [-0.4, -0.2) is 48.6 Å². The topological polar surface area (TPSA) is 18.5 Å². The van der Waals surface area contributed by atoms with Crippen molar-refractivity contribution in [1.29, 1.82) is 0 Å². The highest BCUT2D eigenvalue weighted by molar-refractivity contribution is 5.21. The quantitative estimate of drug-likeness (QED) is 0.592. The van der Waals surface area contributed by atoms with Crippen molar-refractivity contribution in [3.05, 3.63) is 0 Å². The van der Waals surface area contributed by atoms with Gasteiger partial charge in [0.05, 0.1) is 12.2 Å². The Labute approximate surface area is 142 Å². The summed E-state index contributed by atoms with van der Waals surface area (Å²) < 4.78 is 163. The van der Waals surface area contributed by atoms with Crippen molar-refractivity contribution in [2.45, 2.75) is 61.5 Å². The van der Waals surface area contributed by atoms with E-state index in [-0.39, 0.29) is 0 Å². The van der Waals surface area contributed by atoms with E-state index in [9.17, 15) is 52.7 Å². The van der Waals surface area contributed by atoms with Gasteiger partial charge in [0, 0.05) is 5.92 Å². The van der Waals surface area contributed by atoms with E-state index in [1.807, 2.05) is 0 Å². The minimum atomic E-state index is -5.94. The van der Waals surface area contributed by atoms with Crippen LogP contribution in [0.3, 0.4) is 0 Å². The summed E-state index contributed by atoms with van der Waals surface area (Å²) in [5.74, 6) is -5.17. The Balaban J connectivity index is 1.89. The highest BCUT2D eigenvalue weighted by Gasteiger charge is 2.87. The molecule has 3 unspecified atom stereocenters. The Morgan fingerprint density at radius 3 is 1.67 bits per heavy atom. The molecule has 14 heteroatoms. The van der Waals surface area contributed by atoms with E-state index in [4.69, 9.17) is 0 Å². The van der Waals surface area contributed by atoms with Gasteiger partial charge in [0.2, 0.25) is 6.10 Å². The van der Waals surface area contributed by atoms with Gasteiger partial charge in [-0.15, -0.1) is 0 Å². The molecule has 0 N–H and O–H groups in total. The van der Waals surface area contributed by atoms with Gasteiger partial charge >= 0.3 is 24.7 Å². The molecule has 5 atom stereocenters. The number of alkyl halides is 12. The van der Waals surface area contributed by atoms with E-state index in [2.05, 4.69) is 9.47 Å². The summed E-state index contributed by atoms with van der Waals surface area (Å²) in [4.78, 5) is 0. The fraction of sp³-hybridized carbons (Fsp3) is 1.00. The van der Waals surface area contributed by atoms with Crippen LogP contribution in [0.4, 0.5) is 52.7 Å². The van der Waals surface area contributed by atoms with Crippen LogP contribution in [0.25, 0.3) is 0 Å². The monoisotopic (exact) mass is 426 g/mol. The molecule has 0 aromatic heterocycles. The van der Waals surface area contributed by atoms with E-state index in [1.165, 1.54) is 0 Å². The number of rotatable bonds is 2. The first-order chi connectivity index (χ1) is 11.9. The van der Waals surface area contributed by atoms with Crippen molar-refractivity contribution in [2.75, 3.05) is 0 Å². The predicted molar refractivity (Wildman–Crippen MR) is 60.2 cm³/mol. The van der Waals surface area contributed by atoms with Gasteiger partial charge < -0.3 is 9.47 Å². The second kappa shape index (κ2) is 5.57. The molecule has 2 nitrogen and oxygen atoms in total. The van der Waals surface area contributed by atoms with Crippen LogP contribution >= 0.6 is 0 Å². The van der Waals surface area contributed by atoms with E-state index < -0.39 is 79.2 Å². The lowest BCUT2D eigenvalue weighted by molar-refractivity contribution is -0.475. The van der Waals surface area contributed by atoms with Gasteiger partial charge in [0.15, 0.2) is 0 Å². The average molecular weight is 426 g/mol. The molecule has 27 heavy (non-hydrogen) atoms. The maximum atomic E-state index is 13.1. The van der Waals surface area contributed by atoms with Gasteiger partial charge in [-0.2, -0.15) is 52.7 Å². The number of fused-ring (bicyclic) bond motifs is 5. The minimum absolute atomic E-state index is 0.434. The maximum absolute atomic E-state index is 13.1. The molecule has 158 valence electrons. The lowest BCUT2D eigenvalue weighted by Gasteiger charge is -2.58. The second-order valence-electron chi connectivity index (χ2n) is 6.87. The molecule has 3 rings (SSSR count). The molecule has 2 aliphatic carbocycles. The number of hydrogen-bond acceptors (Lipinski definition) is 2. The predicted octanol–water partition coefficient (Wildman–Crippen LogP) is 4.78. The standard InChI is InChI=1S/C13H10F12O2/c14-10(15,16)8(11(17,18)19)26-5-2-3-1-4(5)6-7(3)27-9(6,12(20,21)22)13(23,24)25/h3-8H,1-2H2/t3-,4-,5?,6?,7?/m1/s1. The third kappa shape index (κ3) is 2.88. The highest BCUT2D eigenvalue weighted by Crippen LogP contribution is 2.69. The molecule has 0 aromatic rings. The number of hydrogen-bond donors (Lipinski definition) is 0. The van der Waals surface area contributed by atoms with Gasteiger partial charge in [0.1, 0.15) is 0 Å². The van der Waals surface area contributed by atoms with E-state index in [0.717, 1.165) is 0 Å². The highest BCUT2D eigenvalue weighted by atomic mass is 19.4. The summed E-state index contributed by atoms with van der Waals surface area (Å²) in [5, 5.41) is 0. The Hall–Kier alpha value is -0.920. The van der Waals surface area contributed by atoms with Gasteiger partial charge in [-0.3, -0.25) is 0 Å². The first-order valence-corrected chi connectivity index (χ1v) is 7.51. The van der Waals surface area contributed by atoms with Gasteiger partial charge in [-0.1, -0.05) is 0 Å². The van der Waals surface area contributed by atoms with Crippen LogP contribution in [0.15, 0.2) is 0 Å². The largest absolute Gasteiger partial charge is 0.426 e. The zero-order valence-electron chi connectivity index (χ0n) is 12.7. The molecule has 3 aliphatic rings. The van der Waals surface area contributed by atoms with Gasteiger partial charge in [-0.05, 0) is 24.7 Å². The molecule has 0 amide bonds. The molecule has 1 saturated heterocycles. The van der Waals surface area contributed by atoms with E-state index >= 15 is 0 Å². The summed E-state index contributed by atoms with van der Waals surface area (Å²) in [5.41, 5.74) is -4.61. The Morgan fingerprint density at radius 1 is 0.778 bits per heavy atom. The SMILES string of the molecule is FC(F)(F)C(OC1C[C@H]2C[C@H]1C1C2OC1(C(F)(F)F)C(F)(F)F)C(F)(F)F. The van der Waals surface area contributed by atoms with Crippen molar-refractivity contribution in [1.82, 2.24) is 0 Å². The second-order valence-corrected chi connectivity index (χ2v) is 6.87. The summed E-state index contributed by atoms with van der Waals surface area (Å²) >= 11 is 0. The smallest absolute Gasteiger partial charge is 0.357 e. The molecular weight excluding hydrogens is 416 g/mol. The maximum Gasteiger partial charge on any atom is 0.426 e. The summed E-state index contributed by atoms with van der Waals surface area (Å²) in [6.07, 6.45) is -32.5. The van der Waals surface area contributed by atoms with Crippen molar-refractivity contribution >= 4 is 0 Å². The molecule has 0 aromatic carbocycles. The molecule has 2 saturated carbocycles. The molecule has 0 spiro atoms. The van der Waals surface area contributed by atoms with Crippen LogP contribution in [0, 0.1) is 17.8 Å². The third-order valence-corrected chi connectivity index (χ3v) is 5.41. The zero-order chi connectivity index (χ0) is 20.8. The van der Waals surface area contributed by atoms with Crippen LogP contribution in [0.1, 0.15) is 12.8 Å². The fourth-order valence-corrected chi connectivity index (χ4v) is 4.52. The Bertz CT molecular complexity index is 558. The summed E-state index contributed by atoms with van der Waals surface area (Å²) in [6, 6.07) is 0. The molecular formula is C13H10F12O2. The summed E-state index contributed by atoms with van der Waals surface area (Å²) in [7, 11) is 0. The van der Waals surface area contributed by atoms with Crippen LogP contribution < -0.4 is 0 Å². The first-order valence-electron chi connectivity index (χ1n) is 7.51. The van der Waals surface area contributed by atoms with Crippen LogP contribution in [0.2, 0.25) is 0 Å². The Morgan fingerprint density at radius 2 is 1.26 bits per heavy atom. The van der Waals surface area contributed by atoms with E-state index in [1.54, 1.807) is 0 Å². The Kier molecular flexibility index (Phi) is 4.29. The normalized spacial score (nSPS) is 36.1. The molecule has 3 fully saturated rings. The summed E-state index contributed by atoms with van der Waals surface area (Å²) in [6.45, 7) is 0. The molecule has 1 heterocycles. The average Bonchev–Trinajstić information content (AvgIpc) is 2.82. The third-order valence-electron chi connectivity index (χ3n) is 5.41. The first kappa shape index (κ1) is 20.8. The molecule has 0 radical (unpaired) electrons. The van der Waals surface area contributed by atoms with Gasteiger partial charge in [0.25, 0.3) is 5.60 Å². The fourth-order valence-electron chi connectivity index (χ4n) is 4.52. The lowest BCUT2D eigenvalue weighted by Crippen LogP contribution is -2.77. The lowest BCUT2D eigenvalue weighted by atomic mass is 9.67. The van der Waals surface area contributed by atoms with Crippen molar-refractivity contribution in [3.8, 4) is 0 Å². The van der Waals surface area contributed by atoms with Gasteiger partial charge in [-0.25, -0.2) is 0 Å². The van der Waals surface area contributed by atoms with E-state index in [0.29, 0.717) is 0 Å². The number of halogens is 12. The minimum Gasteiger partial charge on any atom is -0.357 e. The number of ether oxygens (including phenoxy) is 2.